The normalized spacial score (nSPS) is 19.4. The molecule has 0 bridgehead atoms. The number of amides is 6. The third-order valence-electron chi connectivity index (χ3n) is 7.46. The van der Waals surface area contributed by atoms with Gasteiger partial charge in [-0.15, -0.1) is 0 Å². The summed E-state index contributed by atoms with van der Waals surface area (Å²) in [5, 5.41) is 39.2. The molecule has 17 heteroatoms. The predicted molar refractivity (Wildman–Crippen MR) is 160 cm³/mol. The summed E-state index contributed by atoms with van der Waals surface area (Å²) >= 11 is 0. The van der Waals surface area contributed by atoms with Gasteiger partial charge in [-0.2, -0.15) is 0 Å². The van der Waals surface area contributed by atoms with Crippen LogP contribution < -0.4 is 32.7 Å². The first-order valence-electron chi connectivity index (χ1n) is 14.9. The second-order valence-corrected chi connectivity index (χ2v) is 12.1. The minimum absolute atomic E-state index is 0.0409. The molecular weight excluding hydrogens is 594 g/mol. The molecule has 8 unspecified atom stereocenters. The SMILES string of the molecule is CC(C)C(NC(=O)C(N)CCC(N)=O)C(=O)NC(C(=O)N1CCCC1C(=O)NC(C(=O)NC(C(=O)O)C(C)O)C(C)C)C(C)O. The van der Waals surface area contributed by atoms with Gasteiger partial charge >= 0.3 is 5.97 Å². The van der Waals surface area contributed by atoms with Gasteiger partial charge in [-0.25, -0.2) is 4.79 Å². The molecule has 0 aromatic carbocycles. The molecule has 11 N–H and O–H groups in total. The standard InChI is InChI=1S/C28H49N7O10/c1-12(2)19(31-23(39)16(29)9-10-18(30)38)25(41)33-21(14(5)36)27(43)35-11-7-8-17(35)24(40)32-20(13(3)4)26(42)34-22(15(6)37)28(44)45/h12-17,19-22,36-37H,7-11,29H2,1-6H3,(H2,30,38)(H,31,39)(H,32,40)(H,33,41)(H,34,42)(H,44,45). The van der Waals surface area contributed by atoms with Crippen LogP contribution in [0.2, 0.25) is 0 Å². The van der Waals surface area contributed by atoms with E-state index in [-0.39, 0.29) is 25.8 Å². The van der Waals surface area contributed by atoms with E-state index in [1.165, 1.54) is 18.7 Å². The average molecular weight is 644 g/mol. The van der Waals surface area contributed by atoms with Crippen LogP contribution in [0.1, 0.15) is 67.2 Å². The van der Waals surface area contributed by atoms with E-state index in [1.54, 1.807) is 27.7 Å². The minimum atomic E-state index is -1.61. The number of primary amides is 1. The highest BCUT2D eigenvalue weighted by Gasteiger charge is 2.42. The Labute approximate surface area is 262 Å². The van der Waals surface area contributed by atoms with Crippen molar-refractivity contribution < 1.29 is 48.9 Å². The maximum absolute atomic E-state index is 13.6. The Morgan fingerprint density at radius 3 is 1.67 bits per heavy atom. The van der Waals surface area contributed by atoms with Gasteiger partial charge in [0.15, 0.2) is 6.04 Å². The quantitative estimate of drug-likeness (QED) is 0.0755. The van der Waals surface area contributed by atoms with Gasteiger partial charge in [0, 0.05) is 13.0 Å². The molecule has 1 aliphatic heterocycles. The number of nitrogens with two attached hydrogens (primary N) is 2. The number of carboxylic acid groups (broad SMARTS) is 1. The summed E-state index contributed by atoms with van der Waals surface area (Å²) in [5.74, 6) is -6.89. The van der Waals surface area contributed by atoms with Gasteiger partial charge in [-0.3, -0.25) is 28.8 Å². The van der Waals surface area contributed by atoms with Gasteiger partial charge in [-0.05, 0) is 44.9 Å². The van der Waals surface area contributed by atoms with Crippen molar-refractivity contribution in [3.05, 3.63) is 0 Å². The zero-order chi connectivity index (χ0) is 34.8. The molecule has 0 aromatic heterocycles. The number of nitrogens with one attached hydrogen (secondary N) is 4. The smallest absolute Gasteiger partial charge is 0.328 e. The number of aliphatic hydroxyl groups excluding tert-OH is 2. The van der Waals surface area contributed by atoms with Crippen LogP contribution in [0.3, 0.4) is 0 Å². The Bertz CT molecular complexity index is 1100. The van der Waals surface area contributed by atoms with E-state index >= 15 is 0 Å². The molecule has 1 heterocycles. The van der Waals surface area contributed by atoms with Crippen LogP contribution >= 0.6 is 0 Å². The number of aliphatic hydroxyl groups is 2. The lowest BCUT2D eigenvalue weighted by molar-refractivity contribution is -0.146. The van der Waals surface area contributed by atoms with E-state index in [2.05, 4.69) is 21.3 Å². The van der Waals surface area contributed by atoms with Crippen LogP contribution in [0, 0.1) is 11.8 Å². The number of carboxylic acids is 1. The first-order valence-corrected chi connectivity index (χ1v) is 14.9. The molecule has 1 saturated heterocycles. The summed E-state index contributed by atoms with van der Waals surface area (Å²) in [6.07, 6.45) is -2.38. The highest BCUT2D eigenvalue weighted by Crippen LogP contribution is 2.20. The molecule has 0 aliphatic carbocycles. The molecule has 1 fully saturated rings. The van der Waals surface area contributed by atoms with Crippen LogP contribution in [0.4, 0.5) is 0 Å². The highest BCUT2D eigenvalue weighted by molar-refractivity contribution is 5.97. The number of carbonyl (C=O) groups excluding carboxylic acids is 6. The van der Waals surface area contributed by atoms with Gasteiger partial charge in [-0.1, -0.05) is 27.7 Å². The predicted octanol–water partition coefficient (Wildman–Crippen LogP) is -3.33. The van der Waals surface area contributed by atoms with E-state index in [4.69, 9.17) is 11.5 Å². The van der Waals surface area contributed by atoms with E-state index in [9.17, 15) is 48.9 Å². The number of likely N-dealkylation sites (tertiary alicyclic amines) is 1. The molecule has 256 valence electrons. The summed E-state index contributed by atoms with van der Waals surface area (Å²) in [7, 11) is 0. The zero-order valence-corrected chi connectivity index (χ0v) is 26.6. The molecule has 1 rings (SSSR count). The molecule has 17 nitrogen and oxygen atoms in total. The average Bonchev–Trinajstić information content (AvgIpc) is 3.43. The Kier molecular flexibility index (Phi) is 15.3. The van der Waals surface area contributed by atoms with Crippen molar-refractivity contribution in [2.45, 2.75) is 116 Å². The molecular formula is C28H49N7O10. The van der Waals surface area contributed by atoms with Crippen molar-refractivity contribution >= 4 is 41.4 Å². The Morgan fingerprint density at radius 2 is 1.22 bits per heavy atom. The number of nitrogens with zero attached hydrogens (tertiary/aromatic N) is 1. The van der Waals surface area contributed by atoms with E-state index in [0.717, 1.165) is 0 Å². The first-order chi connectivity index (χ1) is 20.8. The topological polar surface area (TPSA) is 284 Å². The van der Waals surface area contributed by atoms with Crippen molar-refractivity contribution in [3.63, 3.8) is 0 Å². The van der Waals surface area contributed by atoms with Gasteiger partial charge in [0.1, 0.15) is 24.2 Å². The van der Waals surface area contributed by atoms with E-state index in [0.29, 0.717) is 6.42 Å². The van der Waals surface area contributed by atoms with Crippen LogP contribution in [0.25, 0.3) is 0 Å². The molecule has 0 radical (unpaired) electrons. The van der Waals surface area contributed by atoms with Crippen molar-refractivity contribution in [1.29, 1.82) is 0 Å². The van der Waals surface area contributed by atoms with Crippen molar-refractivity contribution in [2.24, 2.45) is 23.3 Å². The Hall–Kier alpha value is -3.83. The zero-order valence-electron chi connectivity index (χ0n) is 26.6. The lowest BCUT2D eigenvalue weighted by Crippen LogP contribution is -2.62. The monoisotopic (exact) mass is 643 g/mol. The van der Waals surface area contributed by atoms with E-state index < -0.39 is 102 Å². The van der Waals surface area contributed by atoms with Gasteiger partial charge in [0.2, 0.25) is 35.4 Å². The Morgan fingerprint density at radius 1 is 0.756 bits per heavy atom. The summed E-state index contributed by atoms with van der Waals surface area (Å²) in [4.78, 5) is 89.2. The van der Waals surface area contributed by atoms with Gasteiger partial charge < -0.3 is 53.0 Å². The number of aliphatic carboxylic acids is 1. The lowest BCUT2D eigenvalue weighted by Gasteiger charge is -2.32. The maximum Gasteiger partial charge on any atom is 0.328 e. The van der Waals surface area contributed by atoms with Crippen LogP contribution in [-0.4, -0.2) is 117 Å². The maximum atomic E-state index is 13.6. The van der Waals surface area contributed by atoms with Crippen molar-refractivity contribution in [1.82, 2.24) is 26.2 Å². The van der Waals surface area contributed by atoms with Gasteiger partial charge in [0.25, 0.3) is 0 Å². The fourth-order valence-electron chi connectivity index (χ4n) is 4.75. The molecule has 0 aromatic rings. The van der Waals surface area contributed by atoms with Crippen LogP contribution in [0.5, 0.6) is 0 Å². The third-order valence-corrected chi connectivity index (χ3v) is 7.46. The third kappa shape index (κ3) is 11.6. The molecule has 8 atom stereocenters. The summed E-state index contributed by atoms with van der Waals surface area (Å²) in [6, 6.07) is -7.66. The first kappa shape index (κ1) is 39.2. The molecule has 1 aliphatic rings. The second kappa shape index (κ2) is 17.6. The lowest BCUT2D eigenvalue weighted by atomic mass is 10.0. The molecule has 0 spiro atoms. The fraction of sp³-hybridized carbons (Fsp3) is 0.750. The fourth-order valence-corrected chi connectivity index (χ4v) is 4.75. The van der Waals surface area contributed by atoms with Crippen molar-refractivity contribution in [3.8, 4) is 0 Å². The summed E-state index contributed by atoms with van der Waals surface area (Å²) < 4.78 is 0. The molecule has 6 amide bonds. The number of rotatable bonds is 17. The Balaban J connectivity index is 3.08. The summed E-state index contributed by atoms with van der Waals surface area (Å²) in [5.41, 5.74) is 10.9. The van der Waals surface area contributed by atoms with E-state index in [1.807, 2.05) is 0 Å². The second-order valence-electron chi connectivity index (χ2n) is 12.1. The van der Waals surface area contributed by atoms with Crippen LogP contribution in [-0.2, 0) is 33.6 Å². The van der Waals surface area contributed by atoms with Crippen molar-refractivity contribution in [2.75, 3.05) is 6.54 Å². The summed E-state index contributed by atoms with van der Waals surface area (Å²) in [6.45, 7) is 9.09. The highest BCUT2D eigenvalue weighted by atomic mass is 16.4. The number of hydrogen-bond donors (Lipinski definition) is 9. The largest absolute Gasteiger partial charge is 0.480 e. The molecule has 0 saturated carbocycles. The molecule has 45 heavy (non-hydrogen) atoms. The number of carbonyl (C=O) groups is 7. The number of hydrogen-bond acceptors (Lipinski definition) is 10. The minimum Gasteiger partial charge on any atom is -0.480 e. The van der Waals surface area contributed by atoms with Gasteiger partial charge in [0.05, 0.1) is 18.2 Å². The van der Waals surface area contributed by atoms with Crippen LogP contribution in [0.15, 0.2) is 0 Å².